The first-order chi connectivity index (χ1) is 7.75. The van der Waals surface area contributed by atoms with Gasteiger partial charge in [0.1, 0.15) is 0 Å². The Labute approximate surface area is 93.9 Å². The monoisotopic (exact) mass is 215 g/mol. The second kappa shape index (κ2) is 4.61. The Morgan fingerprint density at radius 1 is 1.44 bits per heavy atom. The van der Waals surface area contributed by atoms with Gasteiger partial charge in [0.25, 0.3) is 0 Å². The fourth-order valence-corrected chi connectivity index (χ4v) is 1.54. The SMILES string of the molecule is NC(=O)CCc1ccc2c(c1)NC=CC=N2. The maximum absolute atomic E-state index is 10.7. The lowest BCUT2D eigenvalue weighted by atomic mass is 10.1. The van der Waals surface area contributed by atoms with Gasteiger partial charge in [-0.25, -0.2) is 0 Å². The zero-order valence-electron chi connectivity index (χ0n) is 8.81. The number of carbonyl (C=O) groups is 1. The van der Waals surface area contributed by atoms with Crippen molar-refractivity contribution in [1.29, 1.82) is 0 Å². The van der Waals surface area contributed by atoms with Gasteiger partial charge in [-0.1, -0.05) is 6.07 Å². The summed E-state index contributed by atoms with van der Waals surface area (Å²) in [6, 6.07) is 5.89. The first-order valence-corrected chi connectivity index (χ1v) is 5.13. The van der Waals surface area contributed by atoms with Crippen molar-refractivity contribution in [3.05, 3.63) is 36.0 Å². The number of hydrogen-bond donors (Lipinski definition) is 2. The van der Waals surface area contributed by atoms with Crippen molar-refractivity contribution in [2.75, 3.05) is 5.32 Å². The highest BCUT2D eigenvalue weighted by Crippen LogP contribution is 2.27. The normalized spacial score (nSPS) is 12.8. The summed E-state index contributed by atoms with van der Waals surface area (Å²) in [6.45, 7) is 0. The van der Waals surface area contributed by atoms with Gasteiger partial charge in [-0.3, -0.25) is 9.79 Å². The van der Waals surface area contributed by atoms with Gasteiger partial charge >= 0.3 is 0 Å². The van der Waals surface area contributed by atoms with E-state index in [0.717, 1.165) is 16.9 Å². The lowest BCUT2D eigenvalue weighted by Crippen LogP contribution is -2.11. The van der Waals surface area contributed by atoms with Crippen molar-refractivity contribution >= 4 is 23.5 Å². The van der Waals surface area contributed by atoms with Crippen molar-refractivity contribution in [2.45, 2.75) is 12.8 Å². The summed E-state index contributed by atoms with van der Waals surface area (Å²) >= 11 is 0. The maximum Gasteiger partial charge on any atom is 0.217 e. The Balaban J connectivity index is 2.18. The molecule has 0 saturated carbocycles. The van der Waals surface area contributed by atoms with Gasteiger partial charge in [0.15, 0.2) is 0 Å². The molecule has 1 heterocycles. The average Bonchev–Trinajstić information content (AvgIpc) is 2.50. The number of nitrogens with zero attached hydrogens (tertiary/aromatic N) is 1. The van der Waals surface area contributed by atoms with E-state index in [0.29, 0.717) is 12.8 Å². The molecule has 0 saturated heterocycles. The minimum Gasteiger partial charge on any atom is -0.370 e. The van der Waals surface area contributed by atoms with Crippen LogP contribution in [0.1, 0.15) is 12.0 Å². The van der Waals surface area contributed by atoms with Gasteiger partial charge < -0.3 is 11.1 Å². The number of aryl methyl sites for hydroxylation is 1. The predicted molar refractivity (Wildman–Crippen MR) is 64.9 cm³/mol. The van der Waals surface area contributed by atoms with Crippen molar-refractivity contribution in [3.63, 3.8) is 0 Å². The molecule has 1 aliphatic heterocycles. The van der Waals surface area contributed by atoms with Crippen molar-refractivity contribution in [3.8, 4) is 0 Å². The van der Waals surface area contributed by atoms with Gasteiger partial charge in [-0.05, 0) is 30.2 Å². The third kappa shape index (κ3) is 2.48. The third-order valence-electron chi connectivity index (χ3n) is 2.36. The molecule has 1 aliphatic rings. The third-order valence-corrected chi connectivity index (χ3v) is 2.36. The van der Waals surface area contributed by atoms with E-state index in [2.05, 4.69) is 10.3 Å². The van der Waals surface area contributed by atoms with Crippen molar-refractivity contribution in [1.82, 2.24) is 0 Å². The number of nitrogens with two attached hydrogens (primary N) is 1. The van der Waals surface area contributed by atoms with Crippen LogP contribution in [0, 0.1) is 0 Å². The first kappa shape index (κ1) is 10.4. The molecule has 2 rings (SSSR count). The second-order valence-electron chi connectivity index (χ2n) is 3.60. The predicted octanol–water partition coefficient (Wildman–Crippen LogP) is 1.75. The quantitative estimate of drug-likeness (QED) is 0.806. The number of benzene rings is 1. The van der Waals surface area contributed by atoms with Gasteiger partial charge in [-0.15, -0.1) is 0 Å². The summed E-state index contributed by atoms with van der Waals surface area (Å²) in [5, 5.41) is 3.13. The summed E-state index contributed by atoms with van der Waals surface area (Å²) in [5.74, 6) is -0.277. The second-order valence-corrected chi connectivity index (χ2v) is 3.60. The summed E-state index contributed by atoms with van der Waals surface area (Å²) in [4.78, 5) is 14.9. The fraction of sp³-hybridized carbons (Fsp3) is 0.167. The number of rotatable bonds is 3. The molecule has 4 nitrogen and oxygen atoms in total. The molecule has 3 N–H and O–H groups in total. The summed E-state index contributed by atoms with van der Waals surface area (Å²) in [5.41, 5.74) is 8.04. The molecule has 1 amide bonds. The lowest BCUT2D eigenvalue weighted by Gasteiger charge is -2.06. The van der Waals surface area contributed by atoms with E-state index in [1.54, 1.807) is 6.21 Å². The molecule has 4 heteroatoms. The topological polar surface area (TPSA) is 67.5 Å². The lowest BCUT2D eigenvalue weighted by molar-refractivity contribution is -0.117. The van der Waals surface area contributed by atoms with E-state index in [-0.39, 0.29) is 5.91 Å². The zero-order valence-corrected chi connectivity index (χ0v) is 8.81. The van der Waals surface area contributed by atoms with E-state index in [1.165, 1.54) is 0 Å². The van der Waals surface area contributed by atoms with Gasteiger partial charge in [0, 0.05) is 18.8 Å². The molecular weight excluding hydrogens is 202 g/mol. The highest BCUT2D eigenvalue weighted by Gasteiger charge is 2.04. The van der Waals surface area contributed by atoms with E-state index < -0.39 is 0 Å². The smallest absolute Gasteiger partial charge is 0.217 e. The molecule has 0 spiro atoms. The minimum absolute atomic E-state index is 0.277. The highest BCUT2D eigenvalue weighted by molar-refractivity contribution is 5.82. The summed E-state index contributed by atoms with van der Waals surface area (Å²) in [7, 11) is 0. The highest BCUT2D eigenvalue weighted by atomic mass is 16.1. The fourth-order valence-electron chi connectivity index (χ4n) is 1.54. The first-order valence-electron chi connectivity index (χ1n) is 5.13. The van der Waals surface area contributed by atoms with Crippen LogP contribution in [0.5, 0.6) is 0 Å². The number of allylic oxidation sites excluding steroid dienone is 1. The minimum atomic E-state index is -0.277. The number of amides is 1. The maximum atomic E-state index is 10.7. The van der Waals surface area contributed by atoms with Gasteiger partial charge in [-0.2, -0.15) is 0 Å². The van der Waals surface area contributed by atoms with Crippen molar-refractivity contribution < 1.29 is 4.79 Å². The van der Waals surface area contributed by atoms with Crippen LogP contribution in [-0.2, 0) is 11.2 Å². The van der Waals surface area contributed by atoms with E-state index >= 15 is 0 Å². The number of anilines is 1. The molecule has 0 unspecified atom stereocenters. The molecule has 0 fully saturated rings. The van der Waals surface area contributed by atoms with Crippen molar-refractivity contribution in [2.24, 2.45) is 10.7 Å². The Kier molecular flexibility index (Phi) is 3.00. The molecule has 0 aliphatic carbocycles. The number of hydrogen-bond acceptors (Lipinski definition) is 3. The van der Waals surface area contributed by atoms with Crippen LogP contribution >= 0.6 is 0 Å². The Morgan fingerprint density at radius 2 is 2.31 bits per heavy atom. The number of nitrogens with one attached hydrogen (secondary N) is 1. The molecule has 1 aromatic rings. The average molecular weight is 215 g/mol. The standard InChI is InChI=1S/C12H13N3O/c13-12(16)5-3-9-2-4-10-11(8-9)15-7-1-6-14-10/h1-2,4,6-8,15H,3,5H2,(H2,13,16). The summed E-state index contributed by atoms with van der Waals surface area (Å²) in [6.07, 6.45) is 6.44. The molecule has 1 aromatic carbocycles. The number of carbonyl (C=O) groups excluding carboxylic acids is 1. The van der Waals surface area contributed by atoms with Crippen LogP contribution in [-0.4, -0.2) is 12.1 Å². The molecular formula is C12H13N3O. The molecule has 82 valence electrons. The zero-order chi connectivity index (χ0) is 11.4. The van der Waals surface area contributed by atoms with E-state index in [9.17, 15) is 4.79 Å². The summed E-state index contributed by atoms with van der Waals surface area (Å²) < 4.78 is 0. The molecule has 0 atom stereocenters. The molecule has 0 radical (unpaired) electrons. The van der Waals surface area contributed by atoms with E-state index in [1.807, 2.05) is 30.5 Å². The molecule has 0 aromatic heterocycles. The van der Waals surface area contributed by atoms with Gasteiger partial charge in [0.2, 0.25) is 5.91 Å². The number of primary amides is 1. The number of fused-ring (bicyclic) bond motifs is 1. The van der Waals surface area contributed by atoms with Gasteiger partial charge in [0.05, 0.1) is 11.4 Å². The Hall–Kier alpha value is -2.10. The largest absolute Gasteiger partial charge is 0.370 e. The Morgan fingerprint density at radius 3 is 3.12 bits per heavy atom. The van der Waals surface area contributed by atoms with Crippen LogP contribution in [0.15, 0.2) is 35.5 Å². The van der Waals surface area contributed by atoms with E-state index in [4.69, 9.17) is 5.73 Å². The van der Waals surface area contributed by atoms with Crippen LogP contribution in [0.3, 0.4) is 0 Å². The Bertz CT molecular complexity index is 463. The van der Waals surface area contributed by atoms with Crippen LogP contribution in [0.25, 0.3) is 0 Å². The van der Waals surface area contributed by atoms with Crippen LogP contribution in [0.4, 0.5) is 11.4 Å². The van der Waals surface area contributed by atoms with Crippen LogP contribution < -0.4 is 11.1 Å². The molecule has 16 heavy (non-hydrogen) atoms. The van der Waals surface area contributed by atoms with Crippen LogP contribution in [0.2, 0.25) is 0 Å². The molecule has 0 bridgehead atoms. The number of aliphatic imine (C=N–C) groups is 1.